The van der Waals surface area contributed by atoms with E-state index in [2.05, 4.69) is 5.10 Å². The monoisotopic (exact) mass is 307 g/mol. The van der Waals surface area contributed by atoms with Crippen LogP contribution in [-0.2, 0) is 16.8 Å². The molecule has 1 fully saturated rings. The van der Waals surface area contributed by atoms with Gasteiger partial charge in [0.15, 0.2) is 0 Å². The second kappa shape index (κ2) is 5.74. The third kappa shape index (κ3) is 2.74. The van der Waals surface area contributed by atoms with Gasteiger partial charge < -0.3 is 10.0 Å². The lowest BCUT2D eigenvalue weighted by atomic mass is 10.0. The van der Waals surface area contributed by atoms with Gasteiger partial charge in [-0.3, -0.25) is 14.3 Å². The number of hydrogen-bond acceptors (Lipinski definition) is 3. The van der Waals surface area contributed by atoms with Crippen LogP contribution in [0.25, 0.3) is 0 Å². The molecule has 1 amide bonds. The molecule has 2 rings (SSSR count). The topological polar surface area (TPSA) is 75.4 Å². The molecule has 1 N–H and O–H groups in total. The highest BCUT2D eigenvalue weighted by Crippen LogP contribution is 2.28. The van der Waals surface area contributed by atoms with Crippen molar-refractivity contribution < 1.29 is 14.7 Å². The molecule has 1 aromatic rings. The van der Waals surface area contributed by atoms with Gasteiger partial charge in [-0.05, 0) is 40.5 Å². The first kappa shape index (κ1) is 16.5. The Bertz CT molecular complexity index is 586. The van der Waals surface area contributed by atoms with E-state index in [0.29, 0.717) is 24.9 Å². The van der Waals surface area contributed by atoms with Crippen molar-refractivity contribution in [2.24, 2.45) is 5.92 Å². The zero-order chi connectivity index (χ0) is 16.7. The number of carbonyl (C=O) groups excluding carboxylic acids is 1. The number of amides is 1. The fourth-order valence-corrected chi connectivity index (χ4v) is 3.18. The van der Waals surface area contributed by atoms with Gasteiger partial charge in [-0.1, -0.05) is 6.92 Å². The number of aliphatic carboxylic acids is 1. The molecule has 122 valence electrons. The molecule has 2 atom stereocenters. The van der Waals surface area contributed by atoms with E-state index >= 15 is 0 Å². The molecule has 2 heterocycles. The molecule has 0 spiro atoms. The Hall–Kier alpha value is -1.85. The molecule has 6 nitrogen and oxygen atoms in total. The first-order valence-corrected chi connectivity index (χ1v) is 7.79. The van der Waals surface area contributed by atoms with Crippen LogP contribution in [0, 0.1) is 5.92 Å². The molecule has 6 heteroatoms. The predicted molar refractivity (Wildman–Crippen MR) is 82.8 cm³/mol. The average molecular weight is 307 g/mol. The van der Waals surface area contributed by atoms with Crippen molar-refractivity contribution >= 4 is 11.9 Å². The van der Waals surface area contributed by atoms with Gasteiger partial charge >= 0.3 is 5.97 Å². The second-order valence-electron chi connectivity index (χ2n) is 6.91. The van der Waals surface area contributed by atoms with Gasteiger partial charge in [-0.2, -0.15) is 5.10 Å². The zero-order valence-corrected chi connectivity index (χ0v) is 14.0. The maximum Gasteiger partial charge on any atom is 0.308 e. The normalized spacial score (nSPS) is 22.1. The largest absolute Gasteiger partial charge is 0.481 e. The highest BCUT2D eigenvalue weighted by Gasteiger charge is 2.39. The lowest BCUT2D eigenvalue weighted by Crippen LogP contribution is -2.38. The van der Waals surface area contributed by atoms with E-state index in [-0.39, 0.29) is 17.5 Å². The predicted octanol–water partition coefficient (Wildman–Crippen LogP) is 2.14. The van der Waals surface area contributed by atoms with Crippen molar-refractivity contribution in [3.8, 4) is 0 Å². The van der Waals surface area contributed by atoms with Crippen molar-refractivity contribution in [2.45, 2.75) is 59.0 Å². The van der Waals surface area contributed by atoms with Crippen LogP contribution < -0.4 is 0 Å². The minimum atomic E-state index is -0.830. The van der Waals surface area contributed by atoms with Crippen LogP contribution in [0.1, 0.15) is 57.1 Å². The van der Waals surface area contributed by atoms with E-state index in [0.717, 1.165) is 5.69 Å². The van der Waals surface area contributed by atoms with Gasteiger partial charge in [0, 0.05) is 12.6 Å². The molecule has 0 radical (unpaired) electrons. The smallest absolute Gasteiger partial charge is 0.308 e. The average Bonchev–Trinajstić information content (AvgIpc) is 3.00. The minimum Gasteiger partial charge on any atom is -0.481 e. The molecule has 1 aliphatic rings. The van der Waals surface area contributed by atoms with Crippen molar-refractivity contribution in [3.05, 3.63) is 17.5 Å². The molecule has 1 saturated heterocycles. The Morgan fingerprint density at radius 1 is 1.41 bits per heavy atom. The maximum atomic E-state index is 12.8. The highest BCUT2D eigenvalue weighted by molar-refractivity contribution is 5.96. The summed E-state index contributed by atoms with van der Waals surface area (Å²) in [6.07, 6.45) is 2.84. The van der Waals surface area contributed by atoms with Gasteiger partial charge in [0.1, 0.15) is 0 Å². The lowest BCUT2D eigenvalue weighted by Gasteiger charge is -2.25. The van der Waals surface area contributed by atoms with Gasteiger partial charge in [0.2, 0.25) is 0 Å². The minimum absolute atomic E-state index is 0.108. The van der Waals surface area contributed by atoms with Crippen molar-refractivity contribution in [3.63, 3.8) is 0 Å². The van der Waals surface area contributed by atoms with Gasteiger partial charge in [0.25, 0.3) is 5.91 Å². The van der Waals surface area contributed by atoms with Gasteiger partial charge in [-0.25, -0.2) is 0 Å². The zero-order valence-electron chi connectivity index (χ0n) is 14.0. The summed E-state index contributed by atoms with van der Waals surface area (Å²) in [6.45, 7) is 10.4. The SMILES string of the molecule is CCc1c(C(=O)N2CCC(C(=O)O)C2C)cnn1C(C)(C)C. The van der Waals surface area contributed by atoms with E-state index in [1.54, 1.807) is 11.1 Å². The summed E-state index contributed by atoms with van der Waals surface area (Å²) < 4.78 is 1.88. The summed E-state index contributed by atoms with van der Waals surface area (Å²) >= 11 is 0. The molecule has 1 aromatic heterocycles. The number of likely N-dealkylation sites (tertiary alicyclic amines) is 1. The molecule has 0 saturated carbocycles. The number of carboxylic acid groups (broad SMARTS) is 1. The molecule has 0 bridgehead atoms. The number of carbonyl (C=O) groups is 2. The van der Waals surface area contributed by atoms with E-state index in [1.165, 1.54) is 0 Å². The second-order valence-corrected chi connectivity index (χ2v) is 6.91. The van der Waals surface area contributed by atoms with Crippen LogP contribution in [0.3, 0.4) is 0 Å². The third-order valence-corrected chi connectivity index (χ3v) is 4.40. The lowest BCUT2D eigenvalue weighted by molar-refractivity contribution is -0.142. The molecule has 0 aliphatic carbocycles. The highest BCUT2D eigenvalue weighted by atomic mass is 16.4. The number of carboxylic acids is 1. The van der Waals surface area contributed by atoms with Crippen LogP contribution in [0.4, 0.5) is 0 Å². The van der Waals surface area contributed by atoms with Crippen LogP contribution in [0.15, 0.2) is 6.20 Å². The Balaban J connectivity index is 2.32. The van der Waals surface area contributed by atoms with E-state index in [4.69, 9.17) is 0 Å². The first-order chi connectivity index (χ1) is 10.2. The van der Waals surface area contributed by atoms with Crippen LogP contribution in [0.2, 0.25) is 0 Å². The summed E-state index contributed by atoms with van der Waals surface area (Å²) in [6, 6.07) is -0.285. The molecule has 0 aromatic carbocycles. The Labute approximate surface area is 131 Å². The number of hydrogen-bond donors (Lipinski definition) is 1. The van der Waals surface area contributed by atoms with Crippen molar-refractivity contribution in [2.75, 3.05) is 6.54 Å². The summed E-state index contributed by atoms with van der Waals surface area (Å²) in [4.78, 5) is 25.7. The summed E-state index contributed by atoms with van der Waals surface area (Å²) in [5.41, 5.74) is 1.31. The van der Waals surface area contributed by atoms with Gasteiger partial charge in [0.05, 0.1) is 28.9 Å². The summed E-state index contributed by atoms with van der Waals surface area (Å²) in [7, 11) is 0. The number of rotatable bonds is 3. The van der Waals surface area contributed by atoms with Gasteiger partial charge in [-0.15, -0.1) is 0 Å². The third-order valence-electron chi connectivity index (χ3n) is 4.40. The molecule has 2 unspecified atom stereocenters. The molecule has 22 heavy (non-hydrogen) atoms. The Kier molecular flexibility index (Phi) is 4.31. The summed E-state index contributed by atoms with van der Waals surface area (Å²) in [5.74, 6) is -1.42. The van der Waals surface area contributed by atoms with Crippen molar-refractivity contribution in [1.29, 1.82) is 0 Å². The Morgan fingerprint density at radius 2 is 2.05 bits per heavy atom. The van der Waals surface area contributed by atoms with Crippen molar-refractivity contribution in [1.82, 2.24) is 14.7 Å². The van der Waals surface area contributed by atoms with E-state index in [1.807, 2.05) is 39.3 Å². The van der Waals surface area contributed by atoms with E-state index in [9.17, 15) is 14.7 Å². The molecule has 1 aliphatic heterocycles. The fraction of sp³-hybridized carbons (Fsp3) is 0.688. The number of aromatic nitrogens is 2. The van der Waals surface area contributed by atoms with Crippen LogP contribution in [0.5, 0.6) is 0 Å². The molecular formula is C16H25N3O3. The fourth-order valence-electron chi connectivity index (χ4n) is 3.18. The first-order valence-electron chi connectivity index (χ1n) is 7.79. The maximum absolute atomic E-state index is 12.8. The Morgan fingerprint density at radius 3 is 2.50 bits per heavy atom. The van der Waals surface area contributed by atoms with Crippen LogP contribution >= 0.6 is 0 Å². The van der Waals surface area contributed by atoms with E-state index < -0.39 is 11.9 Å². The molecular weight excluding hydrogens is 282 g/mol. The number of nitrogens with zero attached hydrogens (tertiary/aromatic N) is 3. The summed E-state index contributed by atoms with van der Waals surface area (Å²) in [5, 5.41) is 13.6. The van der Waals surface area contributed by atoms with Crippen LogP contribution in [-0.4, -0.2) is 44.3 Å². The quantitative estimate of drug-likeness (QED) is 0.928. The standard InChI is InChI=1S/C16H25N3O3/c1-6-13-12(9-17-19(13)16(3,4)5)14(20)18-8-7-11(10(18)2)15(21)22/h9-11H,6-8H2,1-5H3,(H,21,22).